The lowest BCUT2D eigenvalue weighted by Gasteiger charge is -2.11. The number of aryl methyl sites for hydroxylation is 1. The number of ether oxygens (including phenoxy) is 1. The highest BCUT2D eigenvalue weighted by molar-refractivity contribution is 6.17. The molecule has 2 rings (SSSR count). The zero-order valence-corrected chi connectivity index (χ0v) is 10.7. The molecule has 2 nitrogen and oxygen atoms in total. The fraction of sp³-hybridized carbons (Fsp3) is 0.214. The van der Waals surface area contributed by atoms with Gasteiger partial charge in [0.2, 0.25) is 5.88 Å². The van der Waals surface area contributed by atoms with Crippen molar-refractivity contribution in [3.8, 4) is 11.6 Å². The second-order valence-electron chi connectivity index (χ2n) is 3.81. The zero-order chi connectivity index (χ0) is 13.0. The third-order valence-corrected chi connectivity index (χ3v) is 2.88. The Hall–Kier alpha value is -1.61. The topological polar surface area (TPSA) is 22.1 Å². The highest BCUT2D eigenvalue weighted by atomic mass is 35.5. The molecule has 0 atom stereocenters. The molecular weight excluding hydrogens is 253 g/mol. The molecule has 0 spiro atoms. The Kier molecular flexibility index (Phi) is 4.15. The van der Waals surface area contributed by atoms with Crippen molar-refractivity contribution in [1.29, 1.82) is 0 Å². The summed E-state index contributed by atoms with van der Waals surface area (Å²) in [6.07, 6.45) is 1.98. The van der Waals surface area contributed by atoms with E-state index in [-0.39, 0.29) is 5.88 Å². The minimum atomic E-state index is -0.415. The molecule has 1 aromatic carbocycles. The first kappa shape index (κ1) is 12.8. The van der Waals surface area contributed by atoms with E-state index < -0.39 is 5.82 Å². The van der Waals surface area contributed by atoms with Crippen LogP contribution in [0.5, 0.6) is 11.6 Å². The van der Waals surface area contributed by atoms with E-state index in [9.17, 15) is 4.39 Å². The van der Waals surface area contributed by atoms with Crippen LogP contribution in [-0.4, -0.2) is 4.98 Å². The molecule has 94 valence electrons. The summed E-state index contributed by atoms with van der Waals surface area (Å²) >= 11 is 5.76. The molecule has 0 aliphatic carbocycles. The molecule has 0 amide bonds. The summed E-state index contributed by atoms with van der Waals surface area (Å²) in [5.74, 6) is 0.827. The quantitative estimate of drug-likeness (QED) is 0.769. The maximum absolute atomic E-state index is 13.0. The average molecular weight is 266 g/mol. The minimum absolute atomic E-state index is 0.161. The van der Waals surface area contributed by atoms with E-state index in [1.54, 1.807) is 0 Å². The Labute approximate surface area is 110 Å². The molecule has 1 aromatic heterocycles. The molecule has 0 unspecified atom stereocenters. The fourth-order valence-electron chi connectivity index (χ4n) is 1.66. The average Bonchev–Trinajstić information content (AvgIpc) is 2.41. The number of pyridine rings is 1. The Balaban J connectivity index is 2.33. The highest BCUT2D eigenvalue weighted by Gasteiger charge is 2.09. The second kappa shape index (κ2) is 5.83. The molecule has 0 aliphatic heterocycles. The van der Waals surface area contributed by atoms with Gasteiger partial charge in [-0.25, -0.2) is 9.37 Å². The highest BCUT2D eigenvalue weighted by Crippen LogP contribution is 2.27. The van der Waals surface area contributed by atoms with E-state index in [0.717, 1.165) is 23.9 Å². The molecule has 0 saturated carbocycles. The number of hydrogen-bond donors (Lipinski definition) is 0. The Morgan fingerprint density at radius 2 is 2.06 bits per heavy atom. The van der Waals surface area contributed by atoms with Crippen LogP contribution in [0.3, 0.4) is 0 Å². The number of aromatic nitrogens is 1. The van der Waals surface area contributed by atoms with Crippen LogP contribution in [0.25, 0.3) is 0 Å². The molecule has 0 radical (unpaired) electrons. The predicted octanol–water partition coefficient (Wildman–Crippen LogP) is 4.31. The molecule has 4 heteroatoms. The molecule has 0 N–H and O–H groups in total. The SMILES string of the molecule is CCc1ccccc1Oc1ncc(F)cc1CCl. The fourth-order valence-corrected chi connectivity index (χ4v) is 1.85. The first-order valence-electron chi connectivity index (χ1n) is 5.70. The maximum atomic E-state index is 13.0. The molecule has 1 heterocycles. The van der Waals surface area contributed by atoms with Crippen molar-refractivity contribution >= 4 is 11.6 Å². The molecule has 0 bridgehead atoms. The van der Waals surface area contributed by atoms with Crippen LogP contribution < -0.4 is 4.74 Å². The predicted molar refractivity (Wildman–Crippen MR) is 69.6 cm³/mol. The van der Waals surface area contributed by atoms with Gasteiger partial charge in [0.05, 0.1) is 12.1 Å². The summed E-state index contributed by atoms with van der Waals surface area (Å²) in [6, 6.07) is 9.02. The van der Waals surface area contributed by atoms with E-state index in [1.807, 2.05) is 31.2 Å². The van der Waals surface area contributed by atoms with Crippen molar-refractivity contribution in [3.63, 3.8) is 0 Å². The molecular formula is C14H13ClFNO. The largest absolute Gasteiger partial charge is 0.438 e. The van der Waals surface area contributed by atoms with Gasteiger partial charge in [-0.3, -0.25) is 0 Å². The maximum Gasteiger partial charge on any atom is 0.223 e. The van der Waals surface area contributed by atoms with E-state index in [1.165, 1.54) is 6.07 Å². The smallest absolute Gasteiger partial charge is 0.223 e. The van der Waals surface area contributed by atoms with Crippen LogP contribution in [0.15, 0.2) is 36.5 Å². The van der Waals surface area contributed by atoms with Gasteiger partial charge >= 0.3 is 0 Å². The van der Waals surface area contributed by atoms with Gasteiger partial charge in [0.1, 0.15) is 11.6 Å². The first-order valence-corrected chi connectivity index (χ1v) is 6.24. The van der Waals surface area contributed by atoms with E-state index >= 15 is 0 Å². The van der Waals surface area contributed by atoms with Crippen LogP contribution in [0, 0.1) is 5.82 Å². The molecule has 18 heavy (non-hydrogen) atoms. The van der Waals surface area contributed by atoms with Crippen LogP contribution >= 0.6 is 11.6 Å². The van der Waals surface area contributed by atoms with Gasteiger partial charge in [-0.1, -0.05) is 25.1 Å². The number of alkyl halides is 1. The summed E-state index contributed by atoms with van der Waals surface area (Å²) in [6.45, 7) is 2.04. The Morgan fingerprint density at radius 3 is 2.78 bits per heavy atom. The number of para-hydroxylation sites is 1. The van der Waals surface area contributed by atoms with Gasteiger partial charge in [0.25, 0.3) is 0 Å². The molecule has 0 aliphatic rings. The van der Waals surface area contributed by atoms with Crippen LogP contribution in [0.2, 0.25) is 0 Å². The van der Waals surface area contributed by atoms with Gasteiger partial charge in [-0.2, -0.15) is 0 Å². The molecule has 2 aromatic rings. The minimum Gasteiger partial charge on any atom is -0.438 e. The van der Waals surface area contributed by atoms with E-state index in [2.05, 4.69) is 4.98 Å². The van der Waals surface area contributed by atoms with Crippen molar-refractivity contribution in [1.82, 2.24) is 4.98 Å². The number of halogens is 2. The Bertz CT molecular complexity index is 545. The van der Waals surface area contributed by atoms with Crippen molar-refractivity contribution in [3.05, 3.63) is 53.5 Å². The van der Waals surface area contributed by atoms with E-state index in [0.29, 0.717) is 11.4 Å². The number of benzene rings is 1. The van der Waals surface area contributed by atoms with Gasteiger partial charge in [0.15, 0.2) is 0 Å². The van der Waals surface area contributed by atoms with Gasteiger partial charge in [-0.15, -0.1) is 11.6 Å². The van der Waals surface area contributed by atoms with Gasteiger partial charge in [0, 0.05) is 5.56 Å². The lowest BCUT2D eigenvalue weighted by Crippen LogP contribution is -1.96. The number of hydrogen-bond acceptors (Lipinski definition) is 2. The standard InChI is InChI=1S/C14H13ClFNO/c1-2-10-5-3-4-6-13(10)18-14-11(8-15)7-12(16)9-17-14/h3-7,9H,2,8H2,1H3. The summed E-state index contributed by atoms with van der Waals surface area (Å²) < 4.78 is 18.8. The van der Waals surface area contributed by atoms with E-state index in [4.69, 9.17) is 16.3 Å². The normalized spacial score (nSPS) is 10.4. The first-order chi connectivity index (χ1) is 8.74. The lowest BCUT2D eigenvalue weighted by atomic mass is 10.1. The van der Waals surface area contributed by atoms with Crippen molar-refractivity contribution in [2.75, 3.05) is 0 Å². The van der Waals surface area contributed by atoms with Crippen molar-refractivity contribution in [2.45, 2.75) is 19.2 Å². The van der Waals surface area contributed by atoms with Crippen molar-refractivity contribution < 1.29 is 9.13 Å². The zero-order valence-electron chi connectivity index (χ0n) is 9.99. The second-order valence-corrected chi connectivity index (χ2v) is 4.08. The van der Waals surface area contributed by atoms with Crippen LogP contribution in [0.1, 0.15) is 18.1 Å². The number of rotatable bonds is 4. The lowest BCUT2D eigenvalue weighted by molar-refractivity contribution is 0.449. The van der Waals surface area contributed by atoms with Crippen molar-refractivity contribution in [2.24, 2.45) is 0 Å². The molecule has 0 fully saturated rings. The monoisotopic (exact) mass is 265 g/mol. The summed E-state index contributed by atoms with van der Waals surface area (Å²) in [5, 5.41) is 0. The summed E-state index contributed by atoms with van der Waals surface area (Å²) in [7, 11) is 0. The van der Waals surface area contributed by atoms with Gasteiger partial charge < -0.3 is 4.74 Å². The van der Waals surface area contributed by atoms with Crippen LogP contribution in [-0.2, 0) is 12.3 Å². The molecule has 0 saturated heterocycles. The third-order valence-electron chi connectivity index (χ3n) is 2.60. The van der Waals surface area contributed by atoms with Gasteiger partial charge in [-0.05, 0) is 24.1 Å². The summed E-state index contributed by atoms with van der Waals surface area (Å²) in [5.41, 5.74) is 1.62. The Morgan fingerprint density at radius 1 is 1.28 bits per heavy atom. The third kappa shape index (κ3) is 2.79. The van der Waals surface area contributed by atoms with Crippen LogP contribution in [0.4, 0.5) is 4.39 Å². The number of nitrogens with zero attached hydrogens (tertiary/aromatic N) is 1. The summed E-state index contributed by atoms with van der Waals surface area (Å²) in [4.78, 5) is 3.94.